The van der Waals surface area contributed by atoms with Crippen LogP contribution in [-0.4, -0.2) is 53.4 Å². The molecule has 0 unspecified atom stereocenters. The van der Waals surface area contributed by atoms with Gasteiger partial charge in [-0.1, -0.05) is 0 Å². The molecule has 1 fully saturated rings. The Kier molecular flexibility index (Phi) is 3.40. The van der Waals surface area contributed by atoms with Gasteiger partial charge in [0.25, 0.3) is 5.91 Å². The van der Waals surface area contributed by atoms with Crippen LogP contribution < -0.4 is 10.5 Å². The van der Waals surface area contributed by atoms with Gasteiger partial charge < -0.3 is 25.6 Å². The molecule has 0 spiro atoms. The van der Waals surface area contributed by atoms with Crippen LogP contribution in [0.15, 0.2) is 18.2 Å². The van der Waals surface area contributed by atoms with Gasteiger partial charge in [-0.15, -0.1) is 0 Å². The molecule has 0 aromatic heterocycles. The molecule has 98 valence electrons. The third-order valence-electron chi connectivity index (χ3n) is 3.02. The second-order valence-corrected chi connectivity index (χ2v) is 4.30. The summed E-state index contributed by atoms with van der Waals surface area (Å²) in [5.74, 6) is 0.244. The molecule has 0 saturated carbocycles. The summed E-state index contributed by atoms with van der Waals surface area (Å²) >= 11 is 0. The molecule has 6 nitrogen and oxygen atoms in total. The number of carbonyl (C=O) groups is 1. The van der Waals surface area contributed by atoms with Crippen LogP contribution in [0.4, 0.5) is 5.69 Å². The molecule has 1 aliphatic heterocycles. The van der Waals surface area contributed by atoms with Crippen LogP contribution in [0.5, 0.6) is 5.75 Å². The van der Waals surface area contributed by atoms with E-state index in [0.29, 0.717) is 17.0 Å². The maximum Gasteiger partial charge on any atom is 0.254 e. The molecule has 2 rings (SSSR count). The van der Waals surface area contributed by atoms with E-state index in [1.807, 2.05) is 0 Å². The second kappa shape index (κ2) is 4.83. The Morgan fingerprint density at radius 2 is 2.00 bits per heavy atom. The number of hydrogen-bond donors (Lipinski definition) is 3. The summed E-state index contributed by atoms with van der Waals surface area (Å²) in [6.07, 6.45) is -1.77. The summed E-state index contributed by atoms with van der Waals surface area (Å²) < 4.78 is 5.01. The first-order valence-electron chi connectivity index (χ1n) is 5.62. The maximum absolute atomic E-state index is 12.1. The number of aliphatic hydroxyl groups is 2. The molecule has 1 saturated heterocycles. The first-order chi connectivity index (χ1) is 8.52. The predicted octanol–water partition coefficient (Wildman–Crippen LogP) is -0.545. The van der Waals surface area contributed by atoms with Crippen LogP contribution in [-0.2, 0) is 0 Å². The van der Waals surface area contributed by atoms with Gasteiger partial charge >= 0.3 is 0 Å². The van der Waals surface area contributed by atoms with Crippen molar-refractivity contribution in [1.82, 2.24) is 4.90 Å². The molecular weight excluding hydrogens is 236 g/mol. The van der Waals surface area contributed by atoms with Crippen molar-refractivity contribution in [3.05, 3.63) is 23.8 Å². The molecule has 2 atom stereocenters. The van der Waals surface area contributed by atoms with Crippen molar-refractivity contribution in [2.75, 3.05) is 25.9 Å². The fraction of sp³-hybridized carbons (Fsp3) is 0.417. The van der Waals surface area contributed by atoms with Crippen LogP contribution in [0, 0.1) is 0 Å². The van der Waals surface area contributed by atoms with Crippen LogP contribution in [0.25, 0.3) is 0 Å². The normalized spacial score (nSPS) is 23.2. The van der Waals surface area contributed by atoms with E-state index in [2.05, 4.69) is 0 Å². The summed E-state index contributed by atoms with van der Waals surface area (Å²) in [7, 11) is 1.50. The zero-order valence-corrected chi connectivity index (χ0v) is 10.0. The first-order valence-corrected chi connectivity index (χ1v) is 5.62. The Labute approximate surface area is 105 Å². The van der Waals surface area contributed by atoms with Gasteiger partial charge in [-0.25, -0.2) is 0 Å². The van der Waals surface area contributed by atoms with Crippen molar-refractivity contribution in [3.63, 3.8) is 0 Å². The van der Waals surface area contributed by atoms with E-state index in [9.17, 15) is 15.0 Å². The largest absolute Gasteiger partial charge is 0.495 e. The van der Waals surface area contributed by atoms with Crippen molar-refractivity contribution in [2.45, 2.75) is 12.2 Å². The first kappa shape index (κ1) is 12.7. The predicted molar refractivity (Wildman–Crippen MR) is 65.3 cm³/mol. The zero-order valence-electron chi connectivity index (χ0n) is 10.0. The lowest BCUT2D eigenvalue weighted by atomic mass is 10.1. The number of likely N-dealkylation sites (tertiary alicyclic amines) is 1. The molecule has 0 bridgehead atoms. The van der Waals surface area contributed by atoms with Crippen LogP contribution in [0.1, 0.15) is 10.4 Å². The van der Waals surface area contributed by atoms with Crippen molar-refractivity contribution < 1.29 is 19.7 Å². The molecule has 1 heterocycles. The van der Waals surface area contributed by atoms with Gasteiger partial charge in [-0.2, -0.15) is 0 Å². The number of nitrogens with two attached hydrogens (primary N) is 1. The lowest BCUT2D eigenvalue weighted by Gasteiger charge is -2.16. The average Bonchev–Trinajstić information content (AvgIpc) is 2.68. The lowest BCUT2D eigenvalue weighted by Crippen LogP contribution is -2.29. The Morgan fingerprint density at radius 3 is 2.50 bits per heavy atom. The molecule has 18 heavy (non-hydrogen) atoms. The Balaban J connectivity index is 2.17. The number of anilines is 1. The lowest BCUT2D eigenvalue weighted by molar-refractivity contribution is 0.0572. The van der Waals surface area contributed by atoms with Crippen molar-refractivity contribution >= 4 is 11.6 Å². The van der Waals surface area contributed by atoms with E-state index in [-0.39, 0.29) is 19.0 Å². The molecule has 6 heteroatoms. The number of aliphatic hydroxyl groups excluding tert-OH is 2. The highest BCUT2D eigenvalue weighted by atomic mass is 16.5. The summed E-state index contributed by atoms with van der Waals surface area (Å²) in [5, 5.41) is 18.8. The number of rotatable bonds is 2. The minimum atomic E-state index is -0.885. The van der Waals surface area contributed by atoms with Gasteiger partial charge in [-0.05, 0) is 18.2 Å². The van der Waals surface area contributed by atoms with Gasteiger partial charge in [0, 0.05) is 18.7 Å². The smallest absolute Gasteiger partial charge is 0.254 e. The number of carbonyl (C=O) groups excluding carboxylic acids is 1. The second-order valence-electron chi connectivity index (χ2n) is 4.30. The number of nitrogen functional groups attached to an aromatic ring is 1. The highest BCUT2D eigenvalue weighted by Gasteiger charge is 2.33. The van der Waals surface area contributed by atoms with Gasteiger partial charge in [0.15, 0.2) is 0 Å². The maximum atomic E-state index is 12.1. The molecule has 1 aromatic carbocycles. The Hall–Kier alpha value is -1.79. The minimum Gasteiger partial charge on any atom is -0.495 e. The van der Waals surface area contributed by atoms with E-state index in [1.165, 1.54) is 18.1 Å². The van der Waals surface area contributed by atoms with Crippen molar-refractivity contribution in [2.24, 2.45) is 0 Å². The molecule has 1 amide bonds. The molecule has 4 N–H and O–H groups in total. The summed E-state index contributed by atoms with van der Waals surface area (Å²) in [6, 6.07) is 4.75. The van der Waals surface area contributed by atoms with E-state index in [4.69, 9.17) is 10.5 Å². The minimum absolute atomic E-state index is 0.131. The average molecular weight is 252 g/mol. The number of nitrogens with zero attached hydrogens (tertiary/aromatic N) is 1. The van der Waals surface area contributed by atoms with E-state index >= 15 is 0 Å². The Bertz CT molecular complexity index is 453. The highest BCUT2D eigenvalue weighted by Crippen LogP contribution is 2.23. The number of β-amino-alcohol motifs (C(OH)–C–C–N with tert-alkyl or cyclic N) is 2. The molecule has 1 aromatic rings. The van der Waals surface area contributed by atoms with Crippen LogP contribution in [0.3, 0.4) is 0 Å². The number of ether oxygens (including phenoxy) is 1. The van der Waals surface area contributed by atoms with Crippen molar-refractivity contribution in [3.8, 4) is 5.75 Å². The van der Waals surface area contributed by atoms with E-state index < -0.39 is 12.2 Å². The number of hydrogen-bond acceptors (Lipinski definition) is 5. The fourth-order valence-corrected chi connectivity index (χ4v) is 1.99. The van der Waals surface area contributed by atoms with Gasteiger partial charge in [0.05, 0.1) is 25.0 Å². The number of benzene rings is 1. The monoisotopic (exact) mass is 252 g/mol. The van der Waals surface area contributed by atoms with E-state index in [0.717, 1.165) is 0 Å². The van der Waals surface area contributed by atoms with Gasteiger partial charge in [-0.3, -0.25) is 4.79 Å². The Morgan fingerprint density at radius 1 is 1.39 bits per heavy atom. The molecular formula is C12H16N2O4. The summed E-state index contributed by atoms with van der Waals surface area (Å²) in [5.41, 5.74) is 6.52. The summed E-state index contributed by atoms with van der Waals surface area (Å²) in [4.78, 5) is 13.5. The van der Waals surface area contributed by atoms with E-state index in [1.54, 1.807) is 12.1 Å². The third-order valence-corrected chi connectivity index (χ3v) is 3.02. The standard InChI is InChI=1S/C12H16N2O4/c1-18-11-3-2-7(4-8(11)13)12(17)14-5-9(15)10(16)6-14/h2-4,9-10,15-16H,5-6,13H2,1H3/t9-,10+. The highest BCUT2D eigenvalue weighted by molar-refractivity contribution is 5.95. The molecule has 0 aliphatic carbocycles. The van der Waals surface area contributed by atoms with Crippen LogP contribution >= 0.6 is 0 Å². The topological polar surface area (TPSA) is 96.0 Å². The molecule has 0 radical (unpaired) electrons. The number of methoxy groups -OCH3 is 1. The summed E-state index contributed by atoms with van der Waals surface area (Å²) in [6.45, 7) is 0.262. The zero-order chi connectivity index (χ0) is 13.3. The fourth-order valence-electron chi connectivity index (χ4n) is 1.99. The van der Waals surface area contributed by atoms with Crippen LogP contribution in [0.2, 0.25) is 0 Å². The van der Waals surface area contributed by atoms with Crippen molar-refractivity contribution in [1.29, 1.82) is 0 Å². The quantitative estimate of drug-likeness (QED) is 0.614. The SMILES string of the molecule is COc1ccc(C(=O)N2C[C@@H](O)[C@@H](O)C2)cc1N. The van der Waals surface area contributed by atoms with Gasteiger partial charge in [0.1, 0.15) is 5.75 Å². The third kappa shape index (κ3) is 2.25. The molecule has 1 aliphatic rings. The number of amides is 1. The van der Waals surface area contributed by atoms with Gasteiger partial charge in [0.2, 0.25) is 0 Å².